The molecule has 0 spiro atoms. The summed E-state index contributed by atoms with van der Waals surface area (Å²) in [5.74, 6) is 0.159. The minimum Gasteiger partial charge on any atom is -0.457 e. The van der Waals surface area contributed by atoms with Crippen LogP contribution >= 0.6 is 0 Å². The molecule has 0 heterocycles. The van der Waals surface area contributed by atoms with Crippen LogP contribution in [0.4, 0.5) is 0 Å². The summed E-state index contributed by atoms with van der Waals surface area (Å²) in [6.07, 6.45) is 1.13. The standard InChI is InChI=1S/C14H13NO4S/c1-20(17,18)11-8-6-10(7-9-11)19-13-5-3-2-4-12(13)14(15)16/h2-9H,1H3,(H2,15,16). The van der Waals surface area contributed by atoms with Crippen LogP contribution in [0.1, 0.15) is 10.4 Å². The molecule has 0 fully saturated rings. The van der Waals surface area contributed by atoms with E-state index in [1.807, 2.05) is 0 Å². The Morgan fingerprint density at radius 1 is 1.05 bits per heavy atom. The Morgan fingerprint density at radius 2 is 1.65 bits per heavy atom. The molecule has 2 aromatic carbocycles. The lowest BCUT2D eigenvalue weighted by molar-refractivity contribution is 0.0998. The Balaban J connectivity index is 2.30. The average Bonchev–Trinajstić information content (AvgIpc) is 2.38. The van der Waals surface area contributed by atoms with Gasteiger partial charge in [0.15, 0.2) is 9.84 Å². The predicted molar refractivity (Wildman–Crippen MR) is 74.6 cm³/mol. The fourth-order valence-electron chi connectivity index (χ4n) is 1.64. The second kappa shape index (κ2) is 5.34. The summed E-state index contributed by atoms with van der Waals surface area (Å²) < 4.78 is 28.2. The molecule has 0 unspecified atom stereocenters. The summed E-state index contributed by atoms with van der Waals surface area (Å²) in [7, 11) is -3.24. The fourth-order valence-corrected chi connectivity index (χ4v) is 2.27. The van der Waals surface area contributed by atoms with E-state index < -0.39 is 15.7 Å². The fraction of sp³-hybridized carbons (Fsp3) is 0.0714. The molecule has 0 saturated heterocycles. The van der Waals surface area contributed by atoms with Crippen LogP contribution < -0.4 is 10.5 Å². The SMILES string of the molecule is CS(=O)(=O)c1ccc(Oc2ccccc2C(N)=O)cc1. The third-order valence-electron chi connectivity index (χ3n) is 2.63. The van der Waals surface area contributed by atoms with Crippen LogP contribution in [0.2, 0.25) is 0 Å². The molecular formula is C14H13NO4S. The van der Waals surface area contributed by atoms with Gasteiger partial charge in [-0.2, -0.15) is 0 Å². The van der Waals surface area contributed by atoms with Gasteiger partial charge in [-0.05, 0) is 36.4 Å². The molecule has 0 atom stereocenters. The van der Waals surface area contributed by atoms with E-state index in [4.69, 9.17) is 10.5 Å². The molecule has 2 rings (SSSR count). The number of rotatable bonds is 4. The highest BCUT2D eigenvalue weighted by Gasteiger charge is 2.10. The van der Waals surface area contributed by atoms with Crippen LogP contribution in [0, 0.1) is 0 Å². The summed E-state index contributed by atoms with van der Waals surface area (Å²) >= 11 is 0. The van der Waals surface area contributed by atoms with Crippen molar-refractivity contribution in [1.82, 2.24) is 0 Å². The van der Waals surface area contributed by atoms with Crippen LogP contribution in [0.5, 0.6) is 11.5 Å². The van der Waals surface area contributed by atoms with Crippen molar-refractivity contribution in [3.63, 3.8) is 0 Å². The number of hydrogen-bond acceptors (Lipinski definition) is 4. The van der Waals surface area contributed by atoms with Crippen LogP contribution in [0.25, 0.3) is 0 Å². The molecule has 0 aliphatic carbocycles. The summed E-state index contributed by atoms with van der Waals surface area (Å²) in [5.41, 5.74) is 5.51. The minimum atomic E-state index is -3.24. The van der Waals surface area contributed by atoms with Crippen LogP contribution in [0.15, 0.2) is 53.4 Å². The monoisotopic (exact) mass is 291 g/mol. The van der Waals surface area contributed by atoms with E-state index in [0.717, 1.165) is 6.26 Å². The van der Waals surface area contributed by atoms with E-state index in [1.165, 1.54) is 24.3 Å². The van der Waals surface area contributed by atoms with Crippen molar-refractivity contribution in [2.45, 2.75) is 4.90 Å². The summed E-state index contributed by atoms with van der Waals surface area (Å²) in [4.78, 5) is 11.5. The number of ether oxygens (including phenoxy) is 1. The normalized spacial score (nSPS) is 11.1. The zero-order valence-electron chi connectivity index (χ0n) is 10.7. The first-order chi connectivity index (χ1) is 9.38. The summed E-state index contributed by atoms with van der Waals surface area (Å²) in [6, 6.07) is 12.5. The number of primary amides is 1. The first kappa shape index (κ1) is 14.1. The van der Waals surface area contributed by atoms with Crippen molar-refractivity contribution in [2.75, 3.05) is 6.26 Å². The van der Waals surface area contributed by atoms with Crippen molar-refractivity contribution in [1.29, 1.82) is 0 Å². The van der Waals surface area contributed by atoms with Gasteiger partial charge in [-0.1, -0.05) is 12.1 Å². The van der Waals surface area contributed by atoms with Crippen molar-refractivity contribution in [3.05, 3.63) is 54.1 Å². The lowest BCUT2D eigenvalue weighted by Crippen LogP contribution is -2.11. The molecule has 0 aliphatic heterocycles. The van der Waals surface area contributed by atoms with Crippen LogP contribution in [-0.4, -0.2) is 20.6 Å². The molecular weight excluding hydrogens is 278 g/mol. The van der Waals surface area contributed by atoms with E-state index in [1.54, 1.807) is 24.3 Å². The maximum atomic E-state index is 11.3. The zero-order chi connectivity index (χ0) is 14.8. The van der Waals surface area contributed by atoms with E-state index in [-0.39, 0.29) is 10.5 Å². The highest BCUT2D eigenvalue weighted by Crippen LogP contribution is 2.25. The number of amides is 1. The van der Waals surface area contributed by atoms with Crippen molar-refractivity contribution < 1.29 is 17.9 Å². The van der Waals surface area contributed by atoms with Gasteiger partial charge >= 0.3 is 0 Å². The van der Waals surface area contributed by atoms with Gasteiger partial charge in [0, 0.05) is 6.26 Å². The Morgan fingerprint density at radius 3 is 2.20 bits per heavy atom. The lowest BCUT2D eigenvalue weighted by Gasteiger charge is -2.09. The van der Waals surface area contributed by atoms with E-state index in [0.29, 0.717) is 11.5 Å². The summed E-state index contributed by atoms with van der Waals surface area (Å²) in [5, 5.41) is 0. The second-order valence-electron chi connectivity index (χ2n) is 4.21. The molecule has 0 saturated carbocycles. The number of para-hydroxylation sites is 1. The quantitative estimate of drug-likeness (QED) is 0.933. The van der Waals surface area contributed by atoms with Gasteiger partial charge in [0.1, 0.15) is 11.5 Å². The van der Waals surface area contributed by atoms with Gasteiger partial charge in [-0.25, -0.2) is 8.42 Å². The lowest BCUT2D eigenvalue weighted by atomic mass is 10.2. The number of carbonyl (C=O) groups is 1. The second-order valence-corrected chi connectivity index (χ2v) is 6.22. The molecule has 1 amide bonds. The highest BCUT2D eigenvalue weighted by atomic mass is 32.2. The molecule has 0 aliphatic rings. The Labute approximate surface area is 116 Å². The first-order valence-corrected chi connectivity index (χ1v) is 7.64. The van der Waals surface area contributed by atoms with Gasteiger partial charge in [0.25, 0.3) is 5.91 Å². The topological polar surface area (TPSA) is 86.5 Å². The van der Waals surface area contributed by atoms with Gasteiger partial charge in [0.2, 0.25) is 0 Å². The van der Waals surface area contributed by atoms with E-state index >= 15 is 0 Å². The van der Waals surface area contributed by atoms with Crippen molar-refractivity contribution in [2.24, 2.45) is 5.73 Å². The van der Waals surface area contributed by atoms with E-state index in [9.17, 15) is 13.2 Å². The molecule has 20 heavy (non-hydrogen) atoms. The zero-order valence-corrected chi connectivity index (χ0v) is 11.6. The number of hydrogen-bond donors (Lipinski definition) is 1. The Kier molecular flexibility index (Phi) is 3.76. The highest BCUT2D eigenvalue weighted by molar-refractivity contribution is 7.90. The van der Waals surface area contributed by atoms with Gasteiger partial charge < -0.3 is 10.5 Å². The molecule has 5 nitrogen and oxygen atoms in total. The smallest absolute Gasteiger partial charge is 0.252 e. The maximum absolute atomic E-state index is 11.3. The number of nitrogens with two attached hydrogens (primary N) is 1. The van der Waals surface area contributed by atoms with Crippen molar-refractivity contribution in [3.8, 4) is 11.5 Å². The number of carbonyl (C=O) groups excluding carboxylic acids is 1. The molecule has 2 N–H and O–H groups in total. The maximum Gasteiger partial charge on any atom is 0.252 e. The van der Waals surface area contributed by atoms with Crippen LogP contribution in [0.3, 0.4) is 0 Å². The summed E-state index contributed by atoms with van der Waals surface area (Å²) in [6.45, 7) is 0. The Hall–Kier alpha value is -2.34. The third kappa shape index (κ3) is 3.16. The molecule has 0 bridgehead atoms. The molecule has 0 aromatic heterocycles. The van der Waals surface area contributed by atoms with Gasteiger partial charge in [-0.3, -0.25) is 4.79 Å². The van der Waals surface area contributed by atoms with Gasteiger partial charge in [0.05, 0.1) is 10.5 Å². The van der Waals surface area contributed by atoms with E-state index in [2.05, 4.69) is 0 Å². The molecule has 104 valence electrons. The average molecular weight is 291 g/mol. The van der Waals surface area contributed by atoms with Crippen LogP contribution in [-0.2, 0) is 9.84 Å². The Bertz CT molecular complexity index is 736. The third-order valence-corrected chi connectivity index (χ3v) is 3.76. The number of sulfone groups is 1. The largest absolute Gasteiger partial charge is 0.457 e. The molecule has 6 heteroatoms. The first-order valence-electron chi connectivity index (χ1n) is 5.75. The number of benzene rings is 2. The van der Waals surface area contributed by atoms with Crippen molar-refractivity contribution >= 4 is 15.7 Å². The predicted octanol–water partition coefficient (Wildman–Crippen LogP) is 1.98. The minimum absolute atomic E-state index is 0.202. The van der Waals surface area contributed by atoms with Gasteiger partial charge in [-0.15, -0.1) is 0 Å². The molecule has 2 aromatic rings. The molecule has 0 radical (unpaired) electrons.